The largest absolute Gasteiger partial charge is 0.236 e. The molecule has 1 aromatic heterocycles. The lowest BCUT2D eigenvalue weighted by atomic mass is 10.0. The molecular formula is C28H21NS. The molecule has 144 valence electrons. The minimum atomic E-state index is 1.03. The quantitative estimate of drug-likeness (QED) is 0.295. The topological polar surface area (TPSA) is 12.9 Å². The molecular weight excluding hydrogens is 382 g/mol. The van der Waals surface area contributed by atoms with E-state index in [2.05, 4.69) is 109 Å². The van der Waals surface area contributed by atoms with Crippen molar-refractivity contribution in [1.29, 1.82) is 0 Å². The van der Waals surface area contributed by atoms with Crippen molar-refractivity contribution in [2.45, 2.75) is 6.92 Å². The number of hydrogen-bond acceptors (Lipinski definition) is 2. The summed E-state index contributed by atoms with van der Waals surface area (Å²) in [5.41, 5.74) is 9.53. The van der Waals surface area contributed by atoms with E-state index in [-0.39, 0.29) is 0 Å². The van der Waals surface area contributed by atoms with Crippen molar-refractivity contribution >= 4 is 11.3 Å². The van der Waals surface area contributed by atoms with E-state index in [0.717, 1.165) is 21.8 Å². The Balaban J connectivity index is 1.37. The molecule has 2 heteroatoms. The zero-order valence-electron chi connectivity index (χ0n) is 16.7. The second-order valence-corrected chi connectivity index (χ2v) is 8.28. The fourth-order valence-electron chi connectivity index (χ4n) is 3.55. The third-order valence-corrected chi connectivity index (χ3v) is 6.20. The highest BCUT2D eigenvalue weighted by atomic mass is 32.1. The minimum absolute atomic E-state index is 1.03. The second-order valence-electron chi connectivity index (χ2n) is 7.42. The molecule has 1 heterocycles. The van der Waals surface area contributed by atoms with Crippen LogP contribution in [-0.4, -0.2) is 4.98 Å². The van der Waals surface area contributed by atoms with Gasteiger partial charge in [-0.1, -0.05) is 109 Å². The van der Waals surface area contributed by atoms with Gasteiger partial charge >= 0.3 is 0 Å². The predicted octanol–water partition coefficient (Wildman–Crippen LogP) is 8.12. The maximum absolute atomic E-state index is 4.89. The molecule has 0 aliphatic heterocycles. The third kappa shape index (κ3) is 3.83. The van der Waals surface area contributed by atoms with Crippen LogP contribution in [0.5, 0.6) is 0 Å². The number of rotatable bonds is 4. The van der Waals surface area contributed by atoms with Crippen LogP contribution >= 0.6 is 11.3 Å². The Morgan fingerprint density at radius 2 is 0.967 bits per heavy atom. The highest BCUT2D eigenvalue weighted by molar-refractivity contribution is 7.13. The van der Waals surface area contributed by atoms with E-state index in [1.54, 1.807) is 11.3 Å². The number of nitrogens with zero attached hydrogens (tertiary/aromatic N) is 1. The molecule has 0 N–H and O–H groups in total. The van der Waals surface area contributed by atoms with Crippen molar-refractivity contribution in [3.8, 4) is 44.1 Å². The Bertz CT molecular complexity index is 1250. The molecule has 0 aliphatic carbocycles. The van der Waals surface area contributed by atoms with Gasteiger partial charge in [-0.15, -0.1) is 11.3 Å². The first kappa shape index (κ1) is 18.5. The molecule has 0 bridgehead atoms. The molecule has 0 saturated heterocycles. The molecule has 0 spiro atoms. The lowest BCUT2D eigenvalue weighted by molar-refractivity contribution is 1.40. The highest BCUT2D eigenvalue weighted by Gasteiger charge is 2.08. The molecule has 0 saturated carbocycles. The first-order chi connectivity index (χ1) is 14.8. The van der Waals surface area contributed by atoms with Crippen molar-refractivity contribution in [3.63, 3.8) is 0 Å². The second kappa shape index (κ2) is 8.10. The van der Waals surface area contributed by atoms with Gasteiger partial charge in [0, 0.05) is 16.5 Å². The molecule has 0 aliphatic rings. The summed E-state index contributed by atoms with van der Waals surface area (Å²) in [6.07, 6.45) is 0. The van der Waals surface area contributed by atoms with Crippen molar-refractivity contribution in [1.82, 2.24) is 4.98 Å². The Morgan fingerprint density at radius 1 is 0.500 bits per heavy atom. The fraction of sp³-hybridized carbons (Fsp3) is 0.0357. The normalized spacial score (nSPS) is 10.8. The maximum atomic E-state index is 4.89. The molecule has 5 rings (SSSR count). The Labute approximate surface area is 181 Å². The molecule has 4 aromatic carbocycles. The molecule has 30 heavy (non-hydrogen) atoms. The zero-order valence-corrected chi connectivity index (χ0v) is 17.6. The summed E-state index contributed by atoms with van der Waals surface area (Å²) in [5, 5.41) is 3.19. The van der Waals surface area contributed by atoms with Crippen molar-refractivity contribution in [2.75, 3.05) is 0 Å². The van der Waals surface area contributed by atoms with Crippen molar-refractivity contribution in [2.24, 2.45) is 0 Å². The summed E-state index contributed by atoms with van der Waals surface area (Å²) in [5.74, 6) is 0. The summed E-state index contributed by atoms with van der Waals surface area (Å²) in [6, 6.07) is 36.4. The van der Waals surface area contributed by atoms with E-state index in [1.807, 2.05) is 6.07 Å². The van der Waals surface area contributed by atoms with Crippen LogP contribution in [0, 0.1) is 6.92 Å². The maximum Gasteiger partial charge on any atom is 0.124 e. The van der Waals surface area contributed by atoms with Gasteiger partial charge in [-0.05, 0) is 29.2 Å². The van der Waals surface area contributed by atoms with Gasteiger partial charge in [-0.25, -0.2) is 4.98 Å². The lowest BCUT2D eigenvalue weighted by Gasteiger charge is -2.04. The summed E-state index contributed by atoms with van der Waals surface area (Å²) in [6.45, 7) is 2.11. The van der Waals surface area contributed by atoms with Gasteiger partial charge < -0.3 is 0 Å². The Morgan fingerprint density at radius 3 is 1.57 bits per heavy atom. The fourth-order valence-corrected chi connectivity index (χ4v) is 4.39. The smallest absolute Gasteiger partial charge is 0.124 e. The van der Waals surface area contributed by atoms with E-state index in [4.69, 9.17) is 4.98 Å². The molecule has 0 radical (unpaired) electrons. The first-order valence-corrected chi connectivity index (χ1v) is 10.9. The number of thiazole rings is 1. The van der Waals surface area contributed by atoms with Crippen LogP contribution in [0.4, 0.5) is 0 Å². The summed E-state index contributed by atoms with van der Waals surface area (Å²) in [4.78, 5) is 4.89. The molecule has 5 aromatic rings. The van der Waals surface area contributed by atoms with Crippen LogP contribution in [0.15, 0.2) is 109 Å². The van der Waals surface area contributed by atoms with Gasteiger partial charge in [0.1, 0.15) is 5.01 Å². The highest BCUT2D eigenvalue weighted by Crippen LogP contribution is 2.31. The van der Waals surface area contributed by atoms with Crippen LogP contribution in [-0.2, 0) is 0 Å². The third-order valence-electron chi connectivity index (χ3n) is 5.31. The van der Waals surface area contributed by atoms with Gasteiger partial charge in [0.25, 0.3) is 0 Å². The van der Waals surface area contributed by atoms with Gasteiger partial charge in [-0.2, -0.15) is 0 Å². The molecule has 0 amide bonds. The van der Waals surface area contributed by atoms with Crippen LogP contribution < -0.4 is 0 Å². The summed E-state index contributed by atoms with van der Waals surface area (Å²) < 4.78 is 0. The monoisotopic (exact) mass is 403 g/mol. The summed E-state index contributed by atoms with van der Waals surface area (Å²) >= 11 is 1.69. The average molecular weight is 404 g/mol. The Hall–Kier alpha value is -3.49. The number of aryl methyl sites for hydroxylation is 1. The van der Waals surface area contributed by atoms with Crippen LogP contribution in [0.2, 0.25) is 0 Å². The van der Waals surface area contributed by atoms with Gasteiger partial charge in [-0.3, -0.25) is 0 Å². The molecule has 0 fully saturated rings. The van der Waals surface area contributed by atoms with E-state index in [0.29, 0.717) is 0 Å². The van der Waals surface area contributed by atoms with Crippen LogP contribution in [0.3, 0.4) is 0 Å². The molecule has 1 nitrogen and oxygen atoms in total. The van der Waals surface area contributed by atoms with Gasteiger partial charge in [0.2, 0.25) is 0 Å². The Kier molecular flexibility index (Phi) is 5.00. The summed E-state index contributed by atoms with van der Waals surface area (Å²) in [7, 11) is 0. The SMILES string of the molecule is Cc1ccc(-c2ccc(-c3nc(-c4ccc(-c5ccccc5)cc4)cs3)cc2)cc1. The number of benzene rings is 4. The van der Waals surface area contributed by atoms with E-state index in [1.165, 1.54) is 27.8 Å². The van der Waals surface area contributed by atoms with E-state index >= 15 is 0 Å². The van der Waals surface area contributed by atoms with E-state index in [9.17, 15) is 0 Å². The standard InChI is InChI=1S/C28H21NS/c1-20-7-9-22(10-8-20)24-13-17-26(18-14-24)28-29-27(19-30-28)25-15-11-23(12-16-25)21-5-3-2-4-6-21/h2-19H,1H3. The molecule has 0 unspecified atom stereocenters. The van der Waals surface area contributed by atoms with Crippen LogP contribution in [0.1, 0.15) is 5.56 Å². The lowest BCUT2D eigenvalue weighted by Crippen LogP contribution is -1.82. The predicted molar refractivity (Wildman–Crippen MR) is 129 cm³/mol. The zero-order chi connectivity index (χ0) is 20.3. The van der Waals surface area contributed by atoms with Crippen molar-refractivity contribution in [3.05, 3.63) is 114 Å². The molecule has 0 atom stereocenters. The average Bonchev–Trinajstić information content (AvgIpc) is 3.31. The minimum Gasteiger partial charge on any atom is -0.236 e. The first-order valence-electron chi connectivity index (χ1n) is 10.1. The number of aromatic nitrogens is 1. The van der Waals surface area contributed by atoms with Crippen molar-refractivity contribution < 1.29 is 0 Å². The van der Waals surface area contributed by atoms with E-state index < -0.39 is 0 Å². The van der Waals surface area contributed by atoms with Gasteiger partial charge in [0.15, 0.2) is 0 Å². The van der Waals surface area contributed by atoms with Gasteiger partial charge in [0.05, 0.1) is 5.69 Å². The number of hydrogen-bond donors (Lipinski definition) is 0. The van der Waals surface area contributed by atoms with Crippen LogP contribution in [0.25, 0.3) is 44.1 Å².